The zero-order chi connectivity index (χ0) is 26.7. The molecule has 0 saturated heterocycles. The van der Waals surface area contributed by atoms with E-state index in [2.05, 4.69) is 27.0 Å². The number of anilines is 2. The van der Waals surface area contributed by atoms with Crippen LogP contribution >= 0.6 is 11.3 Å². The predicted molar refractivity (Wildman–Crippen MR) is 137 cm³/mol. The third-order valence-electron chi connectivity index (χ3n) is 5.91. The fourth-order valence-electron chi connectivity index (χ4n) is 4.04. The zero-order valence-electron chi connectivity index (χ0n) is 20.0. The number of nitrogens with one attached hydrogen (secondary N) is 3. The van der Waals surface area contributed by atoms with Gasteiger partial charge >= 0.3 is 6.09 Å². The SMILES string of the molecule is COC(=O)NC(=O)c1c(NC(=O)c2ccccc2NS(=O)(=O)c2ccc(F)cc2)sc2c1CCC(C)C2. The standard InChI is InChI=1S/C25H24FN3O6S2/c1-14-7-12-18-20(13-14)36-24(21(18)23(31)28-25(32)35-2)27-22(30)17-5-3-4-6-19(17)29-37(33,34)16-10-8-15(26)9-11-16/h3-6,8-11,14,29H,7,12-13H2,1-2H3,(H,27,30)(H,28,31,32). The van der Waals surface area contributed by atoms with Crippen molar-refractivity contribution in [1.29, 1.82) is 0 Å². The molecule has 1 aliphatic rings. The van der Waals surface area contributed by atoms with E-state index in [-0.39, 0.29) is 26.7 Å². The molecule has 1 aliphatic carbocycles. The number of amides is 3. The number of benzene rings is 2. The molecule has 3 aromatic rings. The lowest BCUT2D eigenvalue weighted by atomic mass is 9.88. The lowest BCUT2D eigenvalue weighted by Gasteiger charge is -2.18. The average Bonchev–Trinajstić information content (AvgIpc) is 3.21. The molecule has 0 saturated carbocycles. The van der Waals surface area contributed by atoms with Gasteiger partial charge in [-0.25, -0.2) is 17.6 Å². The number of alkyl carbamates (subject to hydrolysis) is 1. The van der Waals surface area contributed by atoms with E-state index in [0.29, 0.717) is 12.3 Å². The molecule has 194 valence electrons. The van der Waals surface area contributed by atoms with Gasteiger partial charge in [0.2, 0.25) is 0 Å². The van der Waals surface area contributed by atoms with E-state index in [9.17, 15) is 27.2 Å². The Kier molecular flexibility index (Phi) is 7.60. The lowest BCUT2D eigenvalue weighted by Crippen LogP contribution is -2.31. The second-order valence-corrected chi connectivity index (χ2v) is 11.3. The maximum atomic E-state index is 13.3. The molecule has 9 nitrogen and oxygen atoms in total. The van der Waals surface area contributed by atoms with Crippen molar-refractivity contribution in [2.24, 2.45) is 5.92 Å². The van der Waals surface area contributed by atoms with Crippen molar-refractivity contribution in [3.8, 4) is 0 Å². The van der Waals surface area contributed by atoms with Crippen LogP contribution in [0, 0.1) is 11.7 Å². The molecule has 4 rings (SSSR count). The number of imide groups is 1. The van der Waals surface area contributed by atoms with Gasteiger partial charge in [-0.3, -0.25) is 19.6 Å². The van der Waals surface area contributed by atoms with Crippen molar-refractivity contribution in [1.82, 2.24) is 5.32 Å². The monoisotopic (exact) mass is 545 g/mol. The van der Waals surface area contributed by atoms with Crippen LogP contribution in [0.2, 0.25) is 0 Å². The number of sulfonamides is 1. The first kappa shape index (κ1) is 26.3. The highest BCUT2D eigenvalue weighted by molar-refractivity contribution is 7.92. The van der Waals surface area contributed by atoms with Crippen molar-refractivity contribution >= 4 is 50.0 Å². The Labute approximate surface area is 217 Å². The van der Waals surface area contributed by atoms with Crippen LogP contribution in [-0.4, -0.2) is 33.4 Å². The maximum Gasteiger partial charge on any atom is 0.413 e. The van der Waals surface area contributed by atoms with Crippen molar-refractivity contribution in [2.75, 3.05) is 17.1 Å². The Morgan fingerprint density at radius 3 is 2.46 bits per heavy atom. The first-order valence-corrected chi connectivity index (χ1v) is 13.6. The second kappa shape index (κ2) is 10.7. The van der Waals surface area contributed by atoms with Crippen molar-refractivity contribution in [3.63, 3.8) is 0 Å². The number of fused-ring (bicyclic) bond motifs is 1. The number of carbonyl (C=O) groups is 3. The first-order chi connectivity index (χ1) is 17.6. The fourth-order valence-corrected chi connectivity index (χ4v) is 6.53. The molecular formula is C25H24FN3O6S2. The summed E-state index contributed by atoms with van der Waals surface area (Å²) < 4.78 is 45.8. The summed E-state index contributed by atoms with van der Waals surface area (Å²) in [4.78, 5) is 38.7. The molecule has 0 radical (unpaired) electrons. The van der Waals surface area contributed by atoms with Gasteiger partial charge in [0.1, 0.15) is 10.8 Å². The van der Waals surface area contributed by atoms with Gasteiger partial charge in [-0.15, -0.1) is 11.3 Å². The van der Waals surface area contributed by atoms with Gasteiger partial charge in [0.15, 0.2) is 0 Å². The molecule has 0 aliphatic heterocycles. The van der Waals surface area contributed by atoms with Crippen LogP contribution in [0.4, 0.5) is 19.9 Å². The minimum Gasteiger partial charge on any atom is -0.453 e. The van der Waals surface area contributed by atoms with Gasteiger partial charge < -0.3 is 10.1 Å². The molecular weight excluding hydrogens is 521 g/mol. The van der Waals surface area contributed by atoms with Crippen LogP contribution in [0.25, 0.3) is 0 Å². The number of hydrogen-bond acceptors (Lipinski definition) is 7. The number of halogens is 1. The Balaban J connectivity index is 1.65. The molecule has 37 heavy (non-hydrogen) atoms. The molecule has 0 bridgehead atoms. The quantitative estimate of drug-likeness (QED) is 0.416. The van der Waals surface area contributed by atoms with E-state index in [0.717, 1.165) is 54.7 Å². The van der Waals surface area contributed by atoms with Crippen LogP contribution in [0.1, 0.15) is 44.5 Å². The minimum absolute atomic E-state index is 0.000158. The Morgan fingerprint density at radius 2 is 1.76 bits per heavy atom. The summed E-state index contributed by atoms with van der Waals surface area (Å²) in [5, 5.41) is 5.13. The van der Waals surface area contributed by atoms with Crippen LogP contribution in [-0.2, 0) is 27.6 Å². The van der Waals surface area contributed by atoms with Gasteiger partial charge in [0, 0.05) is 4.88 Å². The van der Waals surface area contributed by atoms with Gasteiger partial charge in [-0.05, 0) is 67.1 Å². The summed E-state index contributed by atoms with van der Waals surface area (Å²) >= 11 is 1.25. The van der Waals surface area contributed by atoms with E-state index >= 15 is 0 Å². The molecule has 1 heterocycles. The molecule has 3 N–H and O–H groups in total. The van der Waals surface area contributed by atoms with Gasteiger partial charge in [-0.1, -0.05) is 19.1 Å². The summed E-state index contributed by atoms with van der Waals surface area (Å²) in [6, 6.07) is 10.2. The molecule has 1 aromatic heterocycles. The highest BCUT2D eigenvalue weighted by Crippen LogP contribution is 2.40. The molecule has 0 fully saturated rings. The first-order valence-electron chi connectivity index (χ1n) is 11.3. The van der Waals surface area contributed by atoms with E-state index in [1.54, 1.807) is 12.1 Å². The summed E-state index contributed by atoms with van der Waals surface area (Å²) in [5.41, 5.74) is 0.965. The zero-order valence-corrected chi connectivity index (χ0v) is 21.6. The second-order valence-electron chi connectivity index (χ2n) is 8.56. The smallest absolute Gasteiger partial charge is 0.413 e. The molecule has 1 atom stereocenters. The normalized spacial score (nSPS) is 14.8. The van der Waals surface area contributed by atoms with Crippen LogP contribution in [0.15, 0.2) is 53.4 Å². The highest BCUT2D eigenvalue weighted by atomic mass is 32.2. The van der Waals surface area contributed by atoms with Gasteiger partial charge in [0.25, 0.3) is 21.8 Å². The third kappa shape index (κ3) is 5.81. The molecule has 1 unspecified atom stereocenters. The molecule has 0 spiro atoms. The van der Waals surface area contributed by atoms with Crippen molar-refractivity contribution in [2.45, 2.75) is 31.1 Å². The van der Waals surface area contributed by atoms with Gasteiger partial charge in [-0.2, -0.15) is 0 Å². The Bertz CT molecular complexity index is 1470. The average molecular weight is 546 g/mol. The van der Waals surface area contributed by atoms with Gasteiger partial charge in [0.05, 0.1) is 28.8 Å². The number of carbonyl (C=O) groups excluding carboxylic acids is 3. The van der Waals surface area contributed by atoms with E-state index in [1.165, 1.54) is 23.5 Å². The Hall–Kier alpha value is -3.77. The largest absolute Gasteiger partial charge is 0.453 e. The molecule has 3 amide bonds. The third-order valence-corrected chi connectivity index (χ3v) is 8.46. The number of para-hydroxylation sites is 1. The summed E-state index contributed by atoms with van der Waals surface area (Å²) in [6.07, 6.45) is 1.26. The topological polar surface area (TPSA) is 131 Å². The molecule has 12 heteroatoms. The number of hydrogen-bond donors (Lipinski definition) is 3. The number of thiophene rings is 1. The van der Waals surface area contributed by atoms with Crippen molar-refractivity contribution < 1.29 is 31.9 Å². The maximum absolute atomic E-state index is 13.3. The summed E-state index contributed by atoms with van der Waals surface area (Å²) in [6.45, 7) is 2.10. The summed E-state index contributed by atoms with van der Waals surface area (Å²) in [5.74, 6) is -1.54. The van der Waals surface area contributed by atoms with E-state index < -0.39 is 33.7 Å². The van der Waals surface area contributed by atoms with Crippen LogP contribution in [0.5, 0.6) is 0 Å². The molecule has 2 aromatic carbocycles. The highest BCUT2D eigenvalue weighted by Gasteiger charge is 2.30. The number of methoxy groups -OCH3 is 1. The van der Waals surface area contributed by atoms with Crippen LogP contribution in [0.3, 0.4) is 0 Å². The fraction of sp³-hybridized carbons (Fsp3) is 0.240. The van der Waals surface area contributed by atoms with Crippen LogP contribution < -0.4 is 15.4 Å². The minimum atomic E-state index is -4.11. The number of ether oxygens (including phenoxy) is 1. The lowest BCUT2D eigenvalue weighted by molar-refractivity contribution is 0.0936. The summed E-state index contributed by atoms with van der Waals surface area (Å²) in [7, 11) is -2.98. The van der Waals surface area contributed by atoms with E-state index in [1.807, 2.05) is 0 Å². The van der Waals surface area contributed by atoms with E-state index in [4.69, 9.17) is 0 Å². The Morgan fingerprint density at radius 1 is 1.05 bits per heavy atom. The number of rotatable bonds is 6. The van der Waals surface area contributed by atoms with Crippen molar-refractivity contribution in [3.05, 3.63) is 75.9 Å². The predicted octanol–water partition coefficient (Wildman–Crippen LogP) is 4.56.